The molecular formula is C25H24N2O. The van der Waals surface area contributed by atoms with E-state index in [0.717, 1.165) is 22.5 Å². The lowest BCUT2D eigenvalue weighted by Crippen LogP contribution is -2.63. The average Bonchev–Trinajstić information content (AvgIpc) is 2.70. The average molecular weight is 368 g/mol. The third-order valence-corrected chi connectivity index (χ3v) is 5.27. The van der Waals surface area contributed by atoms with Crippen LogP contribution < -0.4 is 10.2 Å². The molecule has 0 saturated carbocycles. The number of anilines is 1. The first-order valence-electron chi connectivity index (χ1n) is 9.56. The number of nitrogens with zero attached hydrogens (tertiary/aromatic N) is 1. The second-order valence-corrected chi connectivity index (χ2v) is 7.39. The van der Waals surface area contributed by atoms with Crippen molar-refractivity contribution in [3.05, 3.63) is 108 Å². The quantitative estimate of drug-likeness (QED) is 0.702. The SMILES string of the molecule is CC1=C(c2ccccc2)C(=O)NC(C)(Cc2ccccc2)N1c1ccccc1. The van der Waals surface area contributed by atoms with Crippen molar-refractivity contribution in [3.8, 4) is 0 Å². The Morgan fingerprint density at radius 2 is 1.36 bits per heavy atom. The fourth-order valence-corrected chi connectivity index (χ4v) is 4.13. The first-order valence-corrected chi connectivity index (χ1v) is 9.56. The highest BCUT2D eigenvalue weighted by Gasteiger charge is 2.41. The molecule has 1 atom stereocenters. The van der Waals surface area contributed by atoms with Gasteiger partial charge < -0.3 is 10.2 Å². The van der Waals surface area contributed by atoms with E-state index < -0.39 is 5.66 Å². The van der Waals surface area contributed by atoms with Gasteiger partial charge in [-0.1, -0.05) is 78.9 Å². The highest BCUT2D eigenvalue weighted by molar-refractivity contribution is 6.22. The summed E-state index contributed by atoms with van der Waals surface area (Å²) in [6.45, 7) is 4.13. The van der Waals surface area contributed by atoms with Gasteiger partial charge in [0.15, 0.2) is 0 Å². The molecule has 0 aliphatic carbocycles. The second kappa shape index (κ2) is 7.35. The van der Waals surface area contributed by atoms with E-state index in [9.17, 15) is 4.79 Å². The molecule has 1 aliphatic heterocycles. The number of hydrogen-bond donors (Lipinski definition) is 1. The van der Waals surface area contributed by atoms with Crippen molar-refractivity contribution in [2.75, 3.05) is 4.90 Å². The van der Waals surface area contributed by atoms with Crippen LogP contribution in [-0.2, 0) is 11.2 Å². The molecule has 140 valence electrons. The Kier molecular flexibility index (Phi) is 4.74. The number of amides is 1. The fraction of sp³-hybridized carbons (Fsp3) is 0.160. The molecule has 3 aromatic carbocycles. The van der Waals surface area contributed by atoms with Gasteiger partial charge in [-0.05, 0) is 37.1 Å². The Bertz CT molecular complexity index is 996. The molecule has 4 rings (SSSR count). The van der Waals surface area contributed by atoms with Crippen molar-refractivity contribution in [1.29, 1.82) is 0 Å². The predicted molar refractivity (Wildman–Crippen MR) is 115 cm³/mol. The number of hydrogen-bond acceptors (Lipinski definition) is 2. The minimum Gasteiger partial charge on any atom is -0.329 e. The van der Waals surface area contributed by atoms with E-state index in [2.05, 4.69) is 41.4 Å². The van der Waals surface area contributed by atoms with Gasteiger partial charge in [-0.25, -0.2) is 0 Å². The molecule has 0 radical (unpaired) electrons. The lowest BCUT2D eigenvalue weighted by molar-refractivity contribution is -0.117. The number of allylic oxidation sites excluding steroid dienone is 1. The van der Waals surface area contributed by atoms with E-state index in [4.69, 9.17) is 0 Å². The van der Waals surface area contributed by atoms with Crippen LogP contribution in [0.4, 0.5) is 5.69 Å². The maximum absolute atomic E-state index is 13.2. The molecular weight excluding hydrogens is 344 g/mol. The molecule has 1 amide bonds. The summed E-state index contributed by atoms with van der Waals surface area (Å²) in [7, 11) is 0. The molecule has 3 aromatic rings. The first-order chi connectivity index (χ1) is 13.6. The standard InChI is InChI=1S/C25H24N2O/c1-19-23(21-14-8-4-9-15-21)24(28)26-25(2,18-20-12-6-3-7-13-20)27(19)22-16-10-5-11-17-22/h3-17H,18H2,1-2H3,(H,26,28). The van der Waals surface area contributed by atoms with Gasteiger partial charge in [-0.3, -0.25) is 4.79 Å². The van der Waals surface area contributed by atoms with Gasteiger partial charge in [-0.2, -0.15) is 0 Å². The van der Waals surface area contributed by atoms with Crippen LogP contribution in [0.5, 0.6) is 0 Å². The van der Waals surface area contributed by atoms with Gasteiger partial charge in [-0.15, -0.1) is 0 Å². The molecule has 3 heteroatoms. The fourth-order valence-electron chi connectivity index (χ4n) is 4.13. The summed E-state index contributed by atoms with van der Waals surface area (Å²) in [4.78, 5) is 15.4. The van der Waals surface area contributed by atoms with Crippen LogP contribution >= 0.6 is 0 Å². The third-order valence-electron chi connectivity index (χ3n) is 5.27. The Labute approximate surface area is 166 Å². The normalized spacial score (nSPS) is 19.5. The highest BCUT2D eigenvalue weighted by atomic mass is 16.2. The van der Waals surface area contributed by atoms with E-state index in [0.29, 0.717) is 6.42 Å². The molecule has 0 spiro atoms. The van der Waals surface area contributed by atoms with Gasteiger partial charge in [0.25, 0.3) is 5.91 Å². The zero-order valence-corrected chi connectivity index (χ0v) is 16.2. The maximum atomic E-state index is 13.2. The van der Waals surface area contributed by atoms with Crippen LogP contribution in [0.2, 0.25) is 0 Å². The molecule has 1 unspecified atom stereocenters. The summed E-state index contributed by atoms with van der Waals surface area (Å²) in [6.07, 6.45) is 0.702. The molecule has 1 heterocycles. The molecule has 0 aromatic heterocycles. The lowest BCUT2D eigenvalue weighted by Gasteiger charge is -2.48. The Morgan fingerprint density at radius 1 is 0.821 bits per heavy atom. The van der Waals surface area contributed by atoms with Gasteiger partial charge in [0, 0.05) is 17.8 Å². The van der Waals surface area contributed by atoms with Crippen molar-refractivity contribution in [3.63, 3.8) is 0 Å². The van der Waals surface area contributed by atoms with Crippen molar-refractivity contribution < 1.29 is 4.79 Å². The lowest BCUT2D eigenvalue weighted by atomic mass is 9.91. The van der Waals surface area contributed by atoms with Crippen LogP contribution in [0, 0.1) is 0 Å². The molecule has 1 aliphatic rings. The van der Waals surface area contributed by atoms with E-state index in [1.54, 1.807) is 0 Å². The van der Waals surface area contributed by atoms with Crippen LogP contribution in [0.1, 0.15) is 25.0 Å². The van der Waals surface area contributed by atoms with Crippen LogP contribution in [0.25, 0.3) is 5.57 Å². The van der Waals surface area contributed by atoms with E-state index in [1.165, 1.54) is 5.56 Å². The van der Waals surface area contributed by atoms with E-state index >= 15 is 0 Å². The molecule has 3 nitrogen and oxygen atoms in total. The number of para-hydroxylation sites is 1. The zero-order chi connectivity index (χ0) is 19.6. The largest absolute Gasteiger partial charge is 0.329 e. The Hall–Kier alpha value is -3.33. The maximum Gasteiger partial charge on any atom is 0.255 e. The zero-order valence-electron chi connectivity index (χ0n) is 16.2. The van der Waals surface area contributed by atoms with Crippen molar-refractivity contribution in [1.82, 2.24) is 5.32 Å². The minimum absolute atomic E-state index is 0.0330. The summed E-state index contributed by atoms with van der Waals surface area (Å²) in [5.41, 5.74) is 4.28. The van der Waals surface area contributed by atoms with Crippen LogP contribution in [0.3, 0.4) is 0 Å². The van der Waals surface area contributed by atoms with Gasteiger partial charge in [0.05, 0.1) is 5.57 Å². The first kappa shape index (κ1) is 18.1. The molecule has 1 N–H and O–H groups in total. The van der Waals surface area contributed by atoms with Gasteiger partial charge >= 0.3 is 0 Å². The smallest absolute Gasteiger partial charge is 0.255 e. The number of nitrogens with one attached hydrogen (secondary N) is 1. The summed E-state index contributed by atoms with van der Waals surface area (Å²) < 4.78 is 0. The van der Waals surface area contributed by atoms with E-state index in [1.807, 2.05) is 73.7 Å². The third kappa shape index (κ3) is 3.31. The monoisotopic (exact) mass is 368 g/mol. The van der Waals surface area contributed by atoms with E-state index in [-0.39, 0.29) is 5.91 Å². The van der Waals surface area contributed by atoms with Gasteiger partial charge in [0.1, 0.15) is 5.66 Å². The number of rotatable bonds is 4. The van der Waals surface area contributed by atoms with Crippen LogP contribution in [-0.4, -0.2) is 11.6 Å². The summed E-state index contributed by atoms with van der Waals surface area (Å²) >= 11 is 0. The molecule has 0 saturated heterocycles. The summed E-state index contributed by atoms with van der Waals surface area (Å²) in [5, 5.41) is 3.30. The van der Waals surface area contributed by atoms with Crippen molar-refractivity contribution in [2.45, 2.75) is 25.9 Å². The predicted octanol–water partition coefficient (Wildman–Crippen LogP) is 5.01. The highest BCUT2D eigenvalue weighted by Crippen LogP contribution is 2.37. The number of carbonyl (C=O) groups is 1. The number of carbonyl (C=O) groups excluding carboxylic acids is 1. The molecule has 0 bridgehead atoms. The summed E-state index contributed by atoms with van der Waals surface area (Å²) in [6, 6.07) is 30.4. The second-order valence-electron chi connectivity index (χ2n) is 7.39. The van der Waals surface area contributed by atoms with Crippen LogP contribution in [0.15, 0.2) is 96.7 Å². The Morgan fingerprint density at radius 3 is 1.96 bits per heavy atom. The molecule has 28 heavy (non-hydrogen) atoms. The van der Waals surface area contributed by atoms with Crippen molar-refractivity contribution >= 4 is 17.2 Å². The van der Waals surface area contributed by atoms with Crippen molar-refractivity contribution in [2.24, 2.45) is 0 Å². The minimum atomic E-state index is -0.567. The van der Waals surface area contributed by atoms with Gasteiger partial charge in [0.2, 0.25) is 0 Å². The molecule has 0 fully saturated rings. The number of benzene rings is 3. The topological polar surface area (TPSA) is 32.3 Å². The summed E-state index contributed by atoms with van der Waals surface area (Å²) in [5.74, 6) is -0.0330. The Balaban J connectivity index is 1.86.